The highest BCUT2D eigenvalue weighted by Gasteiger charge is 1.92. The van der Waals surface area contributed by atoms with Gasteiger partial charge in [0.2, 0.25) is 0 Å². The molecule has 0 aliphatic rings. The monoisotopic (exact) mass is 174 g/mol. The predicted octanol–water partition coefficient (Wildman–Crippen LogP) is 2.92. The topological polar surface area (TPSA) is 35.8 Å². The zero-order valence-electron chi connectivity index (χ0n) is 7.88. The van der Waals surface area contributed by atoms with Crippen LogP contribution < -0.4 is 5.32 Å². The van der Waals surface area contributed by atoms with E-state index in [2.05, 4.69) is 24.4 Å². The molecule has 0 amide bonds. The van der Waals surface area contributed by atoms with Crippen molar-refractivity contribution in [2.45, 2.75) is 26.2 Å². The first-order valence-corrected chi connectivity index (χ1v) is 4.61. The highest BCUT2D eigenvalue weighted by molar-refractivity contribution is 5.47. The average Bonchev–Trinajstić information content (AvgIpc) is 2.17. The van der Waals surface area contributed by atoms with Crippen molar-refractivity contribution < 1.29 is 0 Å². The van der Waals surface area contributed by atoms with Crippen LogP contribution in [0.15, 0.2) is 24.3 Å². The molecule has 0 aliphatic carbocycles. The molecule has 0 fully saturated rings. The molecule has 1 rings (SSSR count). The van der Waals surface area contributed by atoms with Crippen LogP contribution in [0.5, 0.6) is 0 Å². The van der Waals surface area contributed by atoms with Crippen LogP contribution in [0, 0.1) is 11.5 Å². The van der Waals surface area contributed by atoms with Gasteiger partial charge in [-0.05, 0) is 30.5 Å². The molecule has 2 nitrogen and oxygen atoms in total. The van der Waals surface area contributed by atoms with Gasteiger partial charge < -0.3 is 0 Å². The Bertz CT molecular complexity index is 282. The van der Waals surface area contributed by atoms with E-state index in [-0.39, 0.29) is 0 Å². The number of nitrogens with one attached hydrogen (secondary N) is 1. The molecule has 0 saturated carbocycles. The number of hydrogen-bond donors (Lipinski definition) is 1. The number of aryl methyl sites for hydroxylation is 1. The summed E-state index contributed by atoms with van der Waals surface area (Å²) in [6, 6.07) is 8.01. The molecule has 1 N–H and O–H groups in total. The van der Waals surface area contributed by atoms with E-state index in [1.807, 2.05) is 18.3 Å². The Morgan fingerprint density at radius 3 is 2.54 bits per heavy atom. The maximum Gasteiger partial charge on any atom is 0.181 e. The zero-order chi connectivity index (χ0) is 9.52. The van der Waals surface area contributed by atoms with Gasteiger partial charge in [-0.3, -0.25) is 5.32 Å². The Hall–Kier alpha value is -1.49. The Kier molecular flexibility index (Phi) is 3.84. The molecule has 0 aromatic heterocycles. The normalized spacial score (nSPS) is 9.23. The van der Waals surface area contributed by atoms with E-state index in [1.165, 1.54) is 18.4 Å². The Morgan fingerprint density at radius 1 is 1.31 bits per heavy atom. The molecule has 0 aliphatic heterocycles. The van der Waals surface area contributed by atoms with E-state index in [0.29, 0.717) is 0 Å². The minimum Gasteiger partial charge on any atom is -0.293 e. The molecular formula is C11H14N2. The molecule has 0 atom stereocenters. The van der Waals surface area contributed by atoms with Crippen molar-refractivity contribution in [2.75, 3.05) is 5.32 Å². The summed E-state index contributed by atoms with van der Waals surface area (Å²) in [5.41, 5.74) is 2.20. The van der Waals surface area contributed by atoms with Gasteiger partial charge in [0.15, 0.2) is 6.19 Å². The van der Waals surface area contributed by atoms with Gasteiger partial charge >= 0.3 is 0 Å². The number of anilines is 1. The Labute approximate surface area is 79.2 Å². The maximum atomic E-state index is 8.37. The molecule has 13 heavy (non-hydrogen) atoms. The van der Waals surface area contributed by atoms with E-state index >= 15 is 0 Å². The third-order valence-corrected chi connectivity index (χ3v) is 1.97. The van der Waals surface area contributed by atoms with E-state index in [1.54, 1.807) is 0 Å². The van der Waals surface area contributed by atoms with Crippen LogP contribution >= 0.6 is 0 Å². The Balaban J connectivity index is 2.55. The van der Waals surface area contributed by atoms with Gasteiger partial charge in [-0.2, -0.15) is 5.26 Å². The van der Waals surface area contributed by atoms with Gasteiger partial charge in [-0.1, -0.05) is 25.5 Å². The van der Waals surface area contributed by atoms with Crippen molar-refractivity contribution in [1.82, 2.24) is 0 Å². The molecule has 0 saturated heterocycles. The van der Waals surface area contributed by atoms with Crippen LogP contribution in [-0.4, -0.2) is 0 Å². The van der Waals surface area contributed by atoms with Gasteiger partial charge in [-0.25, -0.2) is 0 Å². The SMILES string of the molecule is CCCCc1ccc(NC#N)cc1. The van der Waals surface area contributed by atoms with Crippen LogP contribution in [0.3, 0.4) is 0 Å². The van der Waals surface area contributed by atoms with Crippen molar-refractivity contribution in [3.63, 3.8) is 0 Å². The number of benzene rings is 1. The average molecular weight is 174 g/mol. The second-order valence-electron chi connectivity index (χ2n) is 3.04. The van der Waals surface area contributed by atoms with E-state index < -0.39 is 0 Å². The van der Waals surface area contributed by atoms with Crippen molar-refractivity contribution in [2.24, 2.45) is 0 Å². The zero-order valence-corrected chi connectivity index (χ0v) is 7.88. The fourth-order valence-electron chi connectivity index (χ4n) is 1.20. The summed E-state index contributed by atoms with van der Waals surface area (Å²) < 4.78 is 0. The standard InChI is InChI=1S/C11H14N2/c1-2-3-4-10-5-7-11(8-6-10)13-9-12/h5-8,13H,2-4H2,1H3. The quantitative estimate of drug-likeness (QED) is 0.562. The molecule has 0 heterocycles. The van der Waals surface area contributed by atoms with Crippen molar-refractivity contribution in [3.05, 3.63) is 29.8 Å². The third kappa shape index (κ3) is 3.16. The lowest BCUT2D eigenvalue weighted by Gasteiger charge is -2.01. The molecule has 0 bridgehead atoms. The number of nitrogens with zero attached hydrogens (tertiary/aromatic N) is 1. The third-order valence-electron chi connectivity index (χ3n) is 1.97. The molecular weight excluding hydrogens is 160 g/mol. The second kappa shape index (κ2) is 5.21. The van der Waals surface area contributed by atoms with E-state index in [4.69, 9.17) is 5.26 Å². The summed E-state index contributed by atoms with van der Waals surface area (Å²) in [6.45, 7) is 2.19. The van der Waals surface area contributed by atoms with Crippen molar-refractivity contribution in [3.8, 4) is 6.19 Å². The maximum absolute atomic E-state index is 8.37. The van der Waals surface area contributed by atoms with E-state index in [0.717, 1.165) is 12.1 Å². The fraction of sp³-hybridized carbons (Fsp3) is 0.364. The molecule has 0 radical (unpaired) electrons. The minimum absolute atomic E-state index is 0.864. The summed E-state index contributed by atoms with van der Waals surface area (Å²) >= 11 is 0. The molecule has 0 spiro atoms. The summed E-state index contributed by atoms with van der Waals surface area (Å²) in [6.07, 6.45) is 5.47. The lowest BCUT2D eigenvalue weighted by atomic mass is 10.1. The number of hydrogen-bond acceptors (Lipinski definition) is 2. The second-order valence-corrected chi connectivity index (χ2v) is 3.04. The summed E-state index contributed by atoms with van der Waals surface area (Å²) in [4.78, 5) is 0. The van der Waals surface area contributed by atoms with Gasteiger partial charge in [0.25, 0.3) is 0 Å². The molecule has 2 heteroatoms. The first kappa shape index (κ1) is 9.60. The minimum atomic E-state index is 0.864. The first-order chi connectivity index (χ1) is 6.36. The smallest absolute Gasteiger partial charge is 0.181 e. The summed E-state index contributed by atoms with van der Waals surface area (Å²) in [7, 11) is 0. The van der Waals surface area contributed by atoms with Gasteiger partial charge in [0, 0.05) is 5.69 Å². The number of nitriles is 1. The molecule has 68 valence electrons. The largest absolute Gasteiger partial charge is 0.293 e. The molecule has 1 aromatic rings. The number of rotatable bonds is 4. The van der Waals surface area contributed by atoms with Gasteiger partial charge in [-0.15, -0.1) is 0 Å². The van der Waals surface area contributed by atoms with Crippen LogP contribution in [-0.2, 0) is 6.42 Å². The molecule has 1 aromatic carbocycles. The van der Waals surface area contributed by atoms with Crippen LogP contribution in [0.2, 0.25) is 0 Å². The lowest BCUT2D eigenvalue weighted by molar-refractivity contribution is 0.795. The van der Waals surface area contributed by atoms with E-state index in [9.17, 15) is 0 Å². The molecule has 0 unspecified atom stereocenters. The van der Waals surface area contributed by atoms with Crippen LogP contribution in [0.1, 0.15) is 25.3 Å². The Morgan fingerprint density at radius 2 is 2.00 bits per heavy atom. The highest BCUT2D eigenvalue weighted by Crippen LogP contribution is 2.10. The fourth-order valence-corrected chi connectivity index (χ4v) is 1.20. The highest BCUT2D eigenvalue weighted by atomic mass is 14.9. The van der Waals surface area contributed by atoms with Crippen molar-refractivity contribution in [1.29, 1.82) is 5.26 Å². The first-order valence-electron chi connectivity index (χ1n) is 4.61. The van der Waals surface area contributed by atoms with Gasteiger partial charge in [0.1, 0.15) is 0 Å². The summed E-state index contributed by atoms with van der Waals surface area (Å²) in [5.74, 6) is 0. The van der Waals surface area contributed by atoms with Gasteiger partial charge in [0.05, 0.1) is 0 Å². The van der Waals surface area contributed by atoms with Crippen LogP contribution in [0.25, 0.3) is 0 Å². The van der Waals surface area contributed by atoms with Crippen molar-refractivity contribution >= 4 is 5.69 Å². The van der Waals surface area contributed by atoms with Crippen LogP contribution in [0.4, 0.5) is 5.69 Å². The number of unbranched alkanes of at least 4 members (excludes halogenated alkanes) is 1. The lowest BCUT2D eigenvalue weighted by Crippen LogP contribution is -1.88. The predicted molar refractivity (Wildman–Crippen MR) is 54.3 cm³/mol. The summed E-state index contributed by atoms with van der Waals surface area (Å²) in [5, 5.41) is 11.0.